The van der Waals surface area contributed by atoms with Gasteiger partial charge in [-0.3, -0.25) is 14.3 Å². The molecule has 234 valence electrons. The number of hydrogen-bond donors (Lipinski definition) is 2. The smallest absolute Gasteiger partial charge is 0.317 e. The third-order valence-electron chi connectivity index (χ3n) is 8.64. The number of hydrogen-bond acceptors (Lipinski definition) is 6. The molecule has 0 radical (unpaired) electrons. The predicted molar refractivity (Wildman–Crippen MR) is 175 cm³/mol. The number of halogens is 2. The number of amides is 2. The minimum atomic E-state index is -0.503. The number of nitrogens with one attached hydrogen (secondary N) is 2. The zero-order valence-electron chi connectivity index (χ0n) is 25.8. The van der Waals surface area contributed by atoms with Gasteiger partial charge in [0.25, 0.3) is 5.56 Å². The Morgan fingerprint density at radius 3 is 2.67 bits per heavy atom. The third-order valence-corrected chi connectivity index (χ3v) is 8.85. The first-order valence-electron chi connectivity index (χ1n) is 15.2. The van der Waals surface area contributed by atoms with Crippen LogP contribution >= 0.6 is 11.6 Å². The molecule has 1 fully saturated rings. The normalized spacial score (nSPS) is 14.7. The average Bonchev–Trinajstić information content (AvgIpc) is 3.44. The van der Waals surface area contributed by atoms with Gasteiger partial charge in [-0.05, 0) is 74.9 Å². The van der Waals surface area contributed by atoms with Crippen LogP contribution in [-0.2, 0) is 13.6 Å². The van der Waals surface area contributed by atoms with Gasteiger partial charge in [-0.15, -0.1) is 0 Å². The number of anilines is 1. The molecule has 1 aliphatic heterocycles. The van der Waals surface area contributed by atoms with E-state index in [0.29, 0.717) is 48.9 Å². The molecule has 0 aliphatic carbocycles. The summed E-state index contributed by atoms with van der Waals surface area (Å²) in [6.45, 7) is 8.53. The van der Waals surface area contributed by atoms with E-state index >= 15 is 0 Å². The van der Waals surface area contributed by atoms with Gasteiger partial charge in [-0.25, -0.2) is 18.9 Å². The molecule has 0 bridgehead atoms. The molecule has 0 spiro atoms. The number of rotatable bonds is 7. The first-order chi connectivity index (χ1) is 21.7. The second-order valence-electron chi connectivity index (χ2n) is 11.7. The molecule has 1 aromatic carbocycles. The Bertz CT molecular complexity index is 1960. The third kappa shape index (κ3) is 5.84. The molecule has 45 heavy (non-hydrogen) atoms. The van der Waals surface area contributed by atoms with Crippen LogP contribution in [0.4, 0.5) is 14.9 Å². The van der Waals surface area contributed by atoms with Crippen LogP contribution in [0.5, 0.6) is 0 Å². The Kier molecular flexibility index (Phi) is 8.46. The maximum absolute atomic E-state index is 14.8. The Labute approximate surface area is 265 Å². The largest absolute Gasteiger partial charge is 0.377 e. The van der Waals surface area contributed by atoms with Crippen molar-refractivity contribution >= 4 is 45.1 Å². The van der Waals surface area contributed by atoms with Crippen LogP contribution in [0.3, 0.4) is 0 Å². The van der Waals surface area contributed by atoms with Gasteiger partial charge < -0.3 is 15.5 Å². The molecule has 4 aromatic heterocycles. The molecule has 2 N–H and O–H groups in total. The number of urea groups is 1. The van der Waals surface area contributed by atoms with Crippen LogP contribution in [0.25, 0.3) is 33.1 Å². The van der Waals surface area contributed by atoms with Crippen LogP contribution in [0.2, 0.25) is 5.15 Å². The summed E-state index contributed by atoms with van der Waals surface area (Å²) in [6.07, 6.45) is 6.23. The molecule has 2 amide bonds. The summed E-state index contributed by atoms with van der Waals surface area (Å²) in [7, 11) is 1.79. The van der Waals surface area contributed by atoms with E-state index in [2.05, 4.69) is 26.7 Å². The highest BCUT2D eigenvalue weighted by molar-refractivity contribution is 6.29. The summed E-state index contributed by atoms with van der Waals surface area (Å²) in [6, 6.07) is 8.68. The maximum Gasteiger partial charge on any atom is 0.317 e. The van der Waals surface area contributed by atoms with Crippen molar-refractivity contribution < 1.29 is 9.18 Å². The highest BCUT2D eigenvalue weighted by Gasteiger charge is 2.25. The first kappa shape index (κ1) is 30.5. The molecule has 1 aliphatic rings. The highest BCUT2D eigenvalue weighted by Crippen LogP contribution is 2.36. The molecular formula is C33H36ClFN8O2. The molecule has 5 aromatic rings. The number of fused-ring (bicyclic) bond motifs is 3. The minimum Gasteiger partial charge on any atom is -0.377 e. The summed E-state index contributed by atoms with van der Waals surface area (Å²) < 4.78 is 18.4. The number of pyridine rings is 3. The topological polar surface area (TPSA) is 110 Å². The van der Waals surface area contributed by atoms with Crippen molar-refractivity contribution in [3.8, 4) is 11.3 Å². The fourth-order valence-electron chi connectivity index (χ4n) is 6.41. The maximum atomic E-state index is 14.8. The second-order valence-corrected chi connectivity index (χ2v) is 12.1. The molecule has 5 heterocycles. The van der Waals surface area contributed by atoms with Crippen LogP contribution in [0, 0.1) is 18.7 Å². The van der Waals surface area contributed by atoms with Crippen molar-refractivity contribution in [1.29, 1.82) is 0 Å². The predicted octanol–water partition coefficient (Wildman–Crippen LogP) is 6.06. The van der Waals surface area contributed by atoms with Crippen molar-refractivity contribution in [1.82, 2.24) is 34.5 Å². The summed E-state index contributed by atoms with van der Waals surface area (Å²) in [5.41, 5.74) is 3.77. The van der Waals surface area contributed by atoms with Crippen LogP contribution in [-0.4, -0.2) is 54.9 Å². The summed E-state index contributed by atoms with van der Waals surface area (Å²) >= 11 is 6.23. The van der Waals surface area contributed by atoms with Crippen molar-refractivity contribution in [3.05, 3.63) is 81.4 Å². The van der Waals surface area contributed by atoms with Crippen molar-refractivity contribution in [2.24, 2.45) is 13.0 Å². The van der Waals surface area contributed by atoms with Crippen LogP contribution < -0.4 is 16.2 Å². The van der Waals surface area contributed by atoms with Gasteiger partial charge in [0.05, 0.1) is 23.8 Å². The molecule has 1 unspecified atom stereocenters. The lowest BCUT2D eigenvalue weighted by Crippen LogP contribution is -2.44. The van der Waals surface area contributed by atoms with Crippen molar-refractivity contribution in [3.63, 3.8) is 0 Å². The van der Waals surface area contributed by atoms with E-state index in [-0.39, 0.29) is 28.3 Å². The van der Waals surface area contributed by atoms with E-state index in [1.54, 1.807) is 29.8 Å². The standard InChI is InChI=1S/C33H36ClFN8O2/c1-5-37-33(45)42-12-9-21(10-13-42)18-43-31-25(16-38-43)29-23(14-19(2)15-24(29)32(44)41(31)4)20(3)39-27-6-7-28(34)40-30(27)22-8-11-36-17-26(22)35/h6-8,11,14-17,20-21,39H,5,9-10,12-13,18H2,1-4H3,(H,37,45). The molecule has 1 saturated heterocycles. The van der Waals surface area contributed by atoms with Crippen LogP contribution in [0.15, 0.2) is 53.7 Å². The number of piperidine rings is 1. The lowest BCUT2D eigenvalue weighted by Gasteiger charge is -2.32. The number of carbonyl (C=O) groups is 1. The van der Waals surface area contributed by atoms with Gasteiger partial charge in [-0.2, -0.15) is 5.10 Å². The number of aryl methyl sites for hydroxylation is 2. The zero-order valence-corrected chi connectivity index (χ0v) is 26.5. The summed E-state index contributed by atoms with van der Waals surface area (Å²) in [5, 5.41) is 13.7. The van der Waals surface area contributed by atoms with Gasteiger partial charge >= 0.3 is 6.03 Å². The highest BCUT2D eigenvalue weighted by atomic mass is 35.5. The first-order valence-corrected chi connectivity index (χ1v) is 15.6. The van der Waals surface area contributed by atoms with Gasteiger partial charge in [0.1, 0.15) is 10.8 Å². The van der Waals surface area contributed by atoms with Crippen LogP contribution in [0.1, 0.15) is 43.9 Å². The summed E-state index contributed by atoms with van der Waals surface area (Å²) in [4.78, 5) is 36.3. The minimum absolute atomic E-state index is 0.0210. The number of benzene rings is 1. The number of likely N-dealkylation sites (tertiary alicyclic amines) is 1. The van der Waals surface area contributed by atoms with E-state index in [1.165, 1.54) is 6.20 Å². The second kappa shape index (κ2) is 12.5. The SMILES string of the molecule is CCNC(=O)N1CCC(Cn2ncc3c4c(C(C)Nc5ccc(Cl)nc5-c5ccncc5F)cc(C)cc4c(=O)n(C)c32)CC1. The Hall–Kier alpha value is -4.51. The Morgan fingerprint density at radius 2 is 1.93 bits per heavy atom. The number of nitrogens with zero attached hydrogens (tertiary/aromatic N) is 6. The zero-order chi connectivity index (χ0) is 31.8. The lowest BCUT2D eigenvalue weighted by molar-refractivity contribution is 0.165. The molecule has 6 rings (SSSR count). The summed E-state index contributed by atoms with van der Waals surface area (Å²) in [5.74, 6) is -0.177. The fourth-order valence-corrected chi connectivity index (χ4v) is 6.55. The van der Waals surface area contributed by atoms with E-state index in [0.717, 1.165) is 46.6 Å². The van der Waals surface area contributed by atoms with Gasteiger partial charge in [-0.1, -0.05) is 17.7 Å². The molecule has 1 atom stereocenters. The van der Waals surface area contributed by atoms with E-state index in [9.17, 15) is 14.0 Å². The van der Waals surface area contributed by atoms with Gasteiger partial charge in [0, 0.05) is 67.2 Å². The molecule has 0 saturated carbocycles. The van der Waals surface area contributed by atoms with E-state index in [4.69, 9.17) is 16.7 Å². The molecule has 12 heteroatoms. The van der Waals surface area contributed by atoms with E-state index in [1.807, 2.05) is 42.6 Å². The van der Waals surface area contributed by atoms with E-state index < -0.39 is 5.82 Å². The Morgan fingerprint density at radius 1 is 1.16 bits per heavy atom. The Balaban J connectivity index is 1.38. The molecular weight excluding hydrogens is 595 g/mol. The fraction of sp³-hybridized carbons (Fsp3) is 0.364. The van der Waals surface area contributed by atoms with Crippen molar-refractivity contribution in [2.75, 3.05) is 25.0 Å². The quantitative estimate of drug-likeness (QED) is 0.212. The monoisotopic (exact) mass is 630 g/mol. The van der Waals surface area contributed by atoms with Gasteiger partial charge in [0.2, 0.25) is 0 Å². The lowest BCUT2D eigenvalue weighted by atomic mass is 9.95. The van der Waals surface area contributed by atoms with Gasteiger partial charge in [0.15, 0.2) is 5.82 Å². The molecule has 10 nitrogen and oxygen atoms in total. The number of aromatic nitrogens is 5. The van der Waals surface area contributed by atoms with Crippen molar-refractivity contribution in [2.45, 2.75) is 46.2 Å². The number of carbonyl (C=O) groups excluding carboxylic acids is 1. The average molecular weight is 631 g/mol.